The lowest BCUT2D eigenvalue weighted by Gasteiger charge is -2.35. The molecule has 2 aromatic heterocycles. The van der Waals surface area contributed by atoms with Crippen LogP contribution < -0.4 is 5.32 Å². The standard InChI is InChI=1S/C20H24N4O2S/c1-15-3-2-4-16(11-15)18(23-5-8-26-9-6-23)13-21-19(25)12-17-14-24-7-10-27-20(24)22-17/h2-4,7,10-11,14,18H,5-6,8-9,12-13H2,1H3,(H,21,25). The number of nitrogens with zero attached hydrogens (tertiary/aromatic N) is 3. The number of amides is 1. The lowest BCUT2D eigenvalue weighted by molar-refractivity contribution is -0.120. The molecule has 1 atom stereocenters. The second-order valence-electron chi connectivity index (χ2n) is 6.88. The molecule has 27 heavy (non-hydrogen) atoms. The molecule has 1 N–H and O–H groups in total. The summed E-state index contributed by atoms with van der Waals surface area (Å²) in [6.45, 7) is 5.92. The van der Waals surface area contributed by atoms with Gasteiger partial charge in [0.05, 0.1) is 31.4 Å². The summed E-state index contributed by atoms with van der Waals surface area (Å²) in [6.07, 6.45) is 4.18. The molecule has 3 aromatic rings. The number of nitrogens with one attached hydrogen (secondary N) is 1. The average molecular weight is 385 g/mol. The number of aromatic nitrogens is 2. The lowest BCUT2D eigenvalue weighted by Crippen LogP contribution is -2.44. The molecule has 1 unspecified atom stereocenters. The summed E-state index contributed by atoms with van der Waals surface area (Å²) in [6, 6.07) is 8.68. The highest BCUT2D eigenvalue weighted by molar-refractivity contribution is 7.15. The molecule has 142 valence electrons. The highest BCUT2D eigenvalue weighted by Gasteiger charge is 2.23. The van der Waals surface area contributed by atoms with Gasteiger partial charge in [0.25, 0.3) is 0 Å². The molecule has 7 heteroatoms. The maximum atomic E-state index is 12.5. The molecule has 0 spiro atoms. The van der Waals surface area contributed by atoms with E-state index in [2.05, 4.69) is 46.4 Å². The molecule has 0 bridgehead atoms. The van der Waals surface area contributed by atoms with Crippen molar-refractivity contribution in [3.63, 3.8) is 0 Å². The second kappa shape index (κ2) is 8.21. The zero-order valence-electron chi connectivity index (χ0n) is 15.4. The Bertz CT molecular complexity index is 885. The van der Waals surface area contributed by atoms with Crippen LogP contribution in [0.3, 0.4) is 0 Å². The third-order valence-electron chi connectivity index (χ3n) is 4.89. The highest BCUT2D eigenvalue weighted by Crippen LogP contribution is 2.22. The normalized spacial score (nSPS) is 16.5. The number of thiazole rings is 1. The third-order valence-corrected chi connectivity index (χ3v) is 5.66. The Kier molecular flexibility index (Phi) is 5.52. The van der Waals surface area contributed by atoms with Gasteiger partial charge in [-0.05, 0) is 12.5 Å². The Hall–Kier alpha value is -2.22. The van der Waals surface area contributed by atoms with Gasteiger partial charge in [-0.3, -0.25) is 14.1 Å². The van der Waals surface area contributed by atoms with E-state index in [9.17, 15) is 4.79 Å². The average Bonchev–Trinajstić information content (AvgIpc) is 3.24. The fourth-order valence-electron chi connectivity index (χ4n) is 3.52. The molecule has 3 heterocycles. The number of hydrogen-bond donors (Lipinski definition) is 1. The molecule has 1 aliphatic rings. The molecule has 0 radical (unpaired) electrons. The molecule has 0 saturated carbocycles. The Morgan fingerprint density at radius 3 is 3.00 bits per heavy atom. The van der Waals surface area contributed by atoms with E-state index in [1.54, 1.807) is 11.3 Å². The maximum Gasteiger partial charge on any atom is 0.226 e. The minimum absolute atomic E-state index is 0.00617. The van der Waals surface area contributed by atoms with Crippen molar-refractivity contribution in [2.75, 3.05) is 32.8 Å². The first-order valence-electron chi connectivity index (χ1n) is 9.25. The van der Waals surface area contributed by atoms with Crippen LogP contribution in [0.25, 0.3) is 4.96 Å². The van der Waals surface area contributed by atoms with Crippen LogP contribution in [-0.2, 0) is 16.0 Å². The third kappa shape index (κ3) is 4.37. The van der Waals surface area contributed by atoms with Gasteiger partial charge in [0, 0.05) is 37.4 Å². The summed E-state index contributed by atoms with van der Waals surface area (Å²) in [7, 11) is 0. The largest absolute Gasteiger partial charge is 0.379 e. The Balaban J connectivity index is 1.42. The van der Waals surface area contributed by atoms with Gasteiger partial charge in [-0.2, -0.15) is 0 Å². The number of imidazole rings is 1. The van der Waals surface area contributed by atoms with Crippen molar-refractivity contribution in [3.8, 4) is 0 Å². The van der Waals surface area contributed by atoms with Crippen LogP contribution in [0.2, 0.25) is 0 Å². The predicted molar refractivity (Wildman–Crippen MR) is 106 cm³/mol. The van der Waals surface area contributed by atoms with Crippen LogP contribution in [0.15, 0.2) is 42.0 Å². The molecular weight excluding hydrogens is 360 g/mol. The van der Waals surface area contributed by atoms with Gasteiger partial charge < -0.3 is 10.1 Å². The number of ether oxygens (including phenoxy) is 1. The second-order valence-corrected chi connectivity index (χ2v) is 7.76. The van der Waals surface area contributed by atoms with Gasteiger partial charge in [-0.25, -0.2) is 4.98 Å². The molecule has 1 amide bonds. The van der Waals surface area contributed by atoms with Crippen molar-refractivity contribution in [2.24, 2.45) is 0 Å². The number of aryl methyl sites for hydroxylation is 1. The first kappa shape index (κ1) is 18.2. The molecule has 1 aliphatic heterocycles. The van der Waals surface area contributed by atoms with Crippen LogP contribution in [0.5, 0.6) is 0 Å². The van der Waals surface area contributed by atoms with Crippen molar-refractivity contribution < 1.29 is 9.53 Å². The van der Waals surface area contributed by atoms with E-state index in [0.717, 1.165) is 37.0 Å². The Morgan fingerprint density at radius 2 is 2.22 bits per heavy atom. The minimum atomic E-state index is 0.00617. The number of fused-ring (bicyclic) bond motifs is 1. The van der Waals surface area contributed by atoms with Gasteiger partial charge >= 0.3 is 0 Å². The van der Waals surface area contributed by atoms with E-state index < -0.39 is 0 Å². The number of morpholine rings is 1. The van der Waals surface area contributed by atoms with Crippen molar-refractivity contribution in [2.45, 2.75) is 19.4 Å². The van der Waals surface area contributed by atoms with Gasteiger partial charge in [-0.15, -0.1) is 11.3 Å². The fraction of sp³-hybridized carbons (Fsp3) is 0.400. The lowest BCUT2D eigenvalue weighted by atomic mass is 10.0. The van der Waals surface area contributed by atoms with E-state index >= 15 is 0 Å². The molecule has 1 saturated heterocycles. The van der Waals surface area contributed by atoms with Crippen molar-refractivity contribution in [3.05, 3.63) is 58.9 Å². The summed E-state index contributed by atoms with van der Waals surface area (Å²) in [5.74, 6) is 0.00617. The SMILES string of the molecule is Cc1cccc(C(CNC(=O)Cc2cn3ccsc3n2)N2CCOCC2)c1. The summed E-state index contributed by atoms with van der Waals surface area (Å²) in [5, 5.41) is 5.10. The van der Waals surface area contributed by atoms with E-state index in [-0.39, 0.29) is 11.9 Å². The van der Waals surface area contributed by atoms with Gasteiger partial charge in [0.15, 0.2) is 4.96 Å². The van der Waals surface area contributed by atoms with E-state index in [1.165, 1.54) is 11.1 Å². The van der Waals surface area contributed by atoms with Gasteiger partial charge in [0.2, 0.25) is 5.91 Å². The zero-order chi connectivity index (χ0) is 18.6. The zero-order valence-corrected chi connectivity index (χ0v) is 16.2. The first-order chi connectivity index (χ1) is 13.2. The topological polar surface area (TPSA) is 58.9 Å². The van der Waals surface area contributed by atoms with Crippen molar-refractivity contribution in [1.82, 2.24) is 19.6 Å². The van der Waals surface area contributed by atoms with Crippen molar-refractivity contribution in [1.29, 1.82) is 0 Å². The van der Waals surface area contributed by atoms with Crippen LogP contribution in [0.1, 0.15) is 22.9 Å². The van der Waals surface area contributed by atoms with Gasteiger partial charge in [0.1, 0.15) is 0 Å². The molecule has 4 rings (SSSR count). The monoisotopic (exact) mass is 384 g/mol. The summed E-state index contributed by atoms with van der Waals surface area (Å²) in [4.78, 5) is 20.3. The van der Waals surface area contributed by atoms with Crippen LogP contribution in [-0.4, -0.2) is 53.0 Å². The van der Waals surface area contributed by atoms with E-state index in [0.29, 0.717) is 13.0 Å². The van der Waals surface area contributed by atoms with Crippen LogP contribution >= 0.6 is 11.3 Å². The molecular formula is C20H24N4O2S. The van der Waals surface area contributed by atoms with Crippen LogP contribution in [0, 0.1) is 6.92 Å². The smallest absolute Gasteiger partial charge is 0.226 e. The molecule has 0 aliphatic carbocycles. The predicted octanol–water partition coefficient (Wildman–Crippen LogP) is 2.44. The molecule has 6 nitrogen and oxygen atoms in total. The quantitative estimate of drug-likeness (QED) is 0.709. The Labute approximate surface area is 162 Å². The number of carbonyl (C=O) groups excluding carboxylic acids is 1. The summed E-state index contributed by atoms with van der Waals surface area (Å²) < 4.78 is 7.45. The number of benzene rings is 1. The Morgan fingerprint density at radius 1 is 1.37 bits per heavy atom. The summed E-state index contributed by atoms with van der Waals surface area (Å²) in [5.41, 5.74) is 3.27. The van der Waals surface area contributed by atoms with Crippen LogP contribution in [0.4, 0.5) is 0 Å². The molecule has 1 aromatic carbocycles. The summed E-state index contributed by atoms with van der Waals surface area (Å²) >= 11 is 1.57. The van der Waals surface area contributed by atoms with E-state index in [4.69, 9.17) is 4.74 Å². The maximum absolute atomic E-state index is 12.5. The number of carbonyl (C=O) groups is 1. The number of hydrogen-bond acceptors (Lipinski definition) is 5. The number of rotatable bonds is 6. The van der Waals surface area contributed by atoms with E-state index in [1.807, 2.05) is 22.2 Å². The van der Waals surface area contributed by atoms with Gasteiger partial charge in [-0.1, -0.05) is 29.8 Å². The fourth-order valence-corrected chi connectivity index (χ4v) is 4.24. The molecule has 1 fully saturated rings. The highest BCUT2D eigenvalue weighted by atomic mass is 32.1. The van der Waals surface area contributed by atoms with Crippen molar-refractivity contribution >= 4 is 22.2 Å². The first-order valence-corrected chi connectivity index (χ1v) is 10.1. The minimum Gasteiger partial charge on any atom is -0.379 e.